The van der Waals surface area contributed by atoms with E-state index in [9.17, 15) is 0 Å². The van der Waals surface area contributed by atoms with Crippen LogP contribution in [0.5, 0.6) is 0 Å². The first kappa shape index (κ1) is 39.4. The van der Waals surface area contributed by atoms with Crippen molar-refractivity contribution in [2.45, 2.75) is 0 Å². The van der Waals surface area contributed by atoms with Crippen LogP contribution in [0.15, 0.2) is 243 Å². The maximum atomic E-state index is 2.30. The zero-order valence-corrected chi connectivity index (χ0v) is 34.6. The predicted molar refractivity (Wildman–Crippen MR) is 268 cm³/mol. The van der Waals surface area contributed by atoms with Gasteiger partial charge in [-0.3, -0.25) is 0 Å². The third kappa shape index (κ3) is 9.86. The summed E-state index contributed by atoms with van der Waals surface area (Å²) in [7, 11) is 0. The first-order valence-electron chi connectivity index (χ1n) is 21.2. The smallest absolute Gasteiger partial charge is 0.0105 e. The van der Waals surface area contributed by atoms with Crippen LogP contribution in [-0.4, -0.2) is 0 Å². The van der Waals surface area contributed by atoms with Gasteiger partial charge in [0.1, 0.15) is 0 Å². The van der Waals surface area contributed by atoms with Crippen molar-refractivity contribution in [1.29, 1.82) is 0 Å². The Morgan fingerprint density at radius 1 is 0.242 bits per heavy atom. The molecule has 0 spiro atoms. The van der Waals surface area contributed by atoms with Crippen molar-refractivity contribution in [2.75, 3.05) is 0 Å². The van der Waals surface area contributed by atoms with Gasteiger partial charge >= 0.3 is 0 Å². The van der Waals surface area contributed by atoms with Crippen molar-refractivity contribution in [3.63, 3.8) is 0 Å². The van der Waals surface area contributed by atoms with E-state index in [0.717, 1.165) is 33.4 Å². The zero-order chi connectivity index (χ0) is 41.8. The minimum atomic E-state index is 1.15. The van der Waals surface area contributed by atoms with Gasteiger partial charge in [0.05, 0.1) is 0 Å². The van der Waals surface area contributed by atoms with Gasteiger partial charge in [0.15, 0.2) is 0 Å². The highest BCUT2D eigenvalue weighted by atomic mass is 14.1. The molecular weight excluding hydrogens is 745 g/mol. The van der Waals surface area contributed by atoms with E-state index in [0.29, 0.717) is 0 Å². The second-order valence-corrected chi connectivity index (χ2v) is 15.4. The molecule has 9 aromatic carbocycles. The van der Waals surface area contributed by atoms with Crippen molar-refractivity contribution in [2.24, 2.45) is 0 Å². The van der Waals surface area contributed by atoms with E-state index in [4.69, 9.17) is 0 Å². The first-order chi connectivity index (χ1) is 30.7. The maximum absolute atomic E-state index is 2.30. The highest BCUT2D eigenvalue weighted by Gasteiger charge is 2.09. The third-order valence-electron chi connectivity index (χ3n) is 11.1. The molecular formula is C62H46. The highest BCUT2D eigenvalue weighted by molar-refractivity contribution is 5.93. The Balaban J connectivity index is 0.988. The molecule has 0 saturated heterocycles. The Bertz CT molecular complexity index is 2870. The molecule has 0 saturated carbocycles. The number of rotatable bonds is 12. The fourth-order valence-electron chi connectivity index (χ4n) is 7.80. The predicted octanol–water partition coefficient (Wildman–Crippen LogP) is 16.5. The summed E-state index contributed by atoms with van der Waals surface area (Å²) in [6.45, 7) is 0. The van der Waals surface area contributed by atoms with Gasteiger partial charge in [0.25, 0.3) is 0 Å². The largest absolute Gasteiger partial charge is 0.0622 e. The molecule has 0 aliphatic carbocycles. The van der Waals surface area contributed by atoms with E-state index < -0.39 is 0 Å². The topological polar surface area (TPSA) is 0 Å². The molecule has 0 amide bonds. The van der Waals surface area contributed by atoms with E-state index in [1.165, 1.54) is 55.7 Å². The Kier molecular flexibility index (Phi) is 12.3. The lowest BCUT2D eigenvalue weighted by Gasteiger charge is -2.11. The SMILES string of the molecule is C(=Cc1ccc(C=Cc2ccc(C=C(c3ccccc3)c3ccccc3)cc2)c(-c2ccc(-c3ccccc3)cc2)c1)c1ccc(C=C(c2ccccc2)c2ccccc2)cc1. The lowest BCUT2D eigenvalue weighted by atomic mass is 9.94. The molecule has 0 nitrogen and oxygen atoms in total. The summed E-state index contributed by atoms with van der Waals surface area (Å²) in [5.74, 6) is 0. The van der Waals surface area contributed by atoms with Crippen LogP contribution in [0.25, 0.3) is 69.9 Å². The summed E-state index contributed by atoms with van der Waals surface area (Å²) in [5.41, 5.74) is 18.9. The summed E-state index contributed by atoms with van der Waals surface area (Å²) < 4.78 is 0. The third-order valence-corrected chi connectivity index (χ3v) is 11.1. The molecule has 0 aromatic heterocycles. The molecule has 0 aliphatic heterocycles. The van der Waals surface area contributed by atoms with Crippen molar-refractivity contribution in [3.8, 4) is 22.3 Å². The second kappa shape index (κ2) is 19.3. The van der Waals surface area contributed by atoms with Crippen LogP contribution in [-0.2, 0) is 0 Å². The molecule has 0 atom stereocenters. The Morgan fingerprint density at radius 2 is 0.565 bits per heavy atom. The van der Waals surface area contributed by atoms with Gasteiger partial charge in [-0.2, -0.15) is 0 Å². The van der Waals surface area contributed by atoms with E-state index in [1.807, 2.05) is 0 Å². The summed E-state index contributed by atoms with van der Waals surface area (Å²) in [6.07, 6.45) is 13.4. The molecule has 0 radical (unpaired) electrons. The minimum Gasteiger partial charge on any atom is -0.0622 e. The van der Waals surface area contributed by atoms with Crippen LogP contribution in [0.2, 0.25) is 0 Å². The van der Waals surface area contributed by atoms with E-state index >= 15 is 0 Å². The van der Waals surface area contributed by atoms with Gasteiger partial charge in [-0.1, -0.05) is 261 Å². The first-order valence-corrected chi connectivity index (χ1v) is 21.2. The van der Waals surface area contributed by atoms with Gasteiger partial charge in [0.2, 0.25) is 0 Å². The number of benzene rings is 9. The molecule has 0 fully saturated rings. The Labute approximate surface area is 366 Å². The van der Waals surface area contributed by atoms with Crippen LogP contribution in [0.4, 0.5) is 0 Å². The van der Waals surface area contributed by atoms with Crippen LogP contribution < -0.4 is 0 Å². The van der Waals surface area contributed by atoms with Crippen LogP contribution >= 0.6 is 0 Å². The molecule has 0 bridgehead atoms. The molecule has 9 aromatic rings. The van der Waals surface area contributed by atoms with Gasteiger partial charge in [-0.25, -0.2) is 0 Å². The van der Waals surface area contributed by atoms with E-state index in [2.05, 4.69) is 279 Å². The summed E-state index contributed by atoms with van der Waals surface area (Å²) in [5, 5.41) is 0. The molecule has 0 heteroatoms. The normalized spacial score (nSPS) is 11.1. The Morgan fingerprint density at radius 3 is 1.00 bits per heavy atom. The van der Waals surface area contributed by atoms with E-state index in [1.54, 1.807) is 0 Å². The molecule has 0 N–H and O–H groups in total. The second-order valence-electron chi connectivity index (χ2n) is 15.4. The standard InChI is InChI=1S/C62H46/c1-6-16-52(17-7-1)53-40-42-59(43-41-53)62-46-51(35-28-47-26-31-49(32-27-47)44-60(54-18-8-2-9-19-54)55-20-10-3-11-21-55)37-39-58(62)38-36-48-29-33-50(34-30-48)45-61(56-22-12-4-13-23-56)57-24-14-5-15-25-57/h1-46H. The fourth-order valence-corrected chi connectivity index (χ4v) is 7.80. The quantitative estimate of drug-likeness (QED) is 0.108. The van der Waals surface area contributed by atoms with Gasteiger partial charge < -0.3 is 0 Å². The average molecular weight is 791 g/mol. The maximum Gasteiger partial charge on any atom is -0.0105 e. The van der Waals surface area contributed by atoms with Gasteiger partial charge in [0, 0.05) is 0 Å². The Hall–Kier alpha value is -8.06. The monoisotopic (exact) mass is 790 g/mol. The van der Waals surface area contributed by atoms with Crippen molar-refractivity contribution in [1.82, 2.24) is 0 Å². The molecule has 294 valence electrons. The lowest BCUT2D eigenvalue weighted by molar-refractivity contribution is 1.55. The van der Waals surface area contributed by atoms with Crippen molar-refractivity contribution in [3.05, 3.63) is 298 Å². The number of hydrogen-bond donors (Lipinski definition) is 0. The number of hydrogen-bond acceptors (Lipinski definition) is 0. The molecule has 0 aliphatic rings. The molecule has 62 heavy (non-hydrogen) atoms. The molecule has 0 unspecified atom stereocenters. The molecule has 0 heterocycles. The van der Waals surface area contributed by atoms with Crippen molar-refractivity contribution < 1.29 is 0 Å². The van der Waals surface area contributed by atoms with Gasteiger partial charge in [-0.15, -0.1) is 0 Å². The molecule has 9 rings (SSSR count). The van der Waals surface area contributed by atoms with Crippen LogP contribution in [0, 0.1) is 0 Å². The van der Waals surface area contributed by atoms with E-state index in [-0.39, 0.29) is 0 Å². The minimum absolute atomic E-state index is 1.15. The van der Waals surface area contributed by atoms with Crippen LogP contribution in [0.3, 0.4) is 0 Å². The zero-order valence-electron chi connectivity index (χ0n) is 34.6. The van der Waals surface area contributed by atoms with Gasteiger partial charge in [-0.05, 0) is 107 Å². The summed E-state index contributed by atoms with van der Waals surface area (Å²) in [4.78, 5) is 0. The lowest BCUT2D eigenvalue weighted by Crippen LogP contribution is -1.88. The van der Waals surface area contributed by atoms with Crippen LogP contribution in [0.1, 0.15) is 55.6 Å². The fraction of sp³-hybridized carbons (Fsp3) is 0. The highest BCUT2D eigenvalue weighted by Crippen LogP contribution is 2.32. The van der Waals surface area contributed by atoms with Crippen molar-refractivity contribution >= 4 is 47.6 Å². The summed E-state index contributed by atoms with van der Waals surface area (Å²) >= 11 is 0. The average Bonchev–Trinajstić information content (AvgIpc) is 3.36. The summed E-state index contributed by atoms with van der Waals surface area (Å²) in [6, 6.07) is 86.3.